The summed E-state index contributed by atoms with van der Waals surface area (Å²) >= 11 is 1.40. The molecule has 0 saturated heterocycles. The smallest absolute Gasteiger partial charge is 0.348 e. The van der Waals surface area contributed by atoms with Crippen LogP contribution >= 0.6 is 11.3 Å². The predicted molar refractivity (Wildman–Crippen MR) is 117 cm³/mol. The van der Waals surface area contributed by atoms with Gasteiger partial charge in [0.1, 0.15) is 9.71 Å². The van der Waals surface area contributed by atoms with Gasteiger partial charge in [-0.15, -0.1) is 11.3 Å². The number of aromatic nitrogens is 2. The zero-order chi connectivity index (χ0) is 21.0. The number of nitrogens with zero attached hydrogens (tertiary/aromatic N) is 2. The van der Waals surface area contributed by atoms with E-state index in [1.165, 1.54) is 30.6 Å². The highest BCUT2D eigenvalue weighted by Gasteiger charge is 2.51. The fourth-order valence-electron chi connectivity index (χ4n) is 6.48. The zero-order valence-corrected chi connectivity index (χ0v) is 18.9. The van der Waals surface area contributed by atoms with E-state index < -0.39 is 5.97 Å². The molecule has 4 aliphatic carbocycles. The maximum Gasteiger partial charge on any atom is 0.348 e. The number of hydrogen-bond acceptors (Lipinski definition) is 5. The van der Waals surface area contributed by atoms with Crippen LogP contribution in [0.1, 0.15) is 67.7 Å². The van der Waals surface area contributed by atoms with Crippen molar-refractivity contribution in [1.82, 2.24) is 15.1 Å². The number of rotatable bonds is 6. The second-order valence-corrected chi connectivity index (χ2v) is 11.3. The molecule has 4 fully saturated rings. The number of carbonyl (C=O) groups excluding carboxylic acids is 2. The molecular weight excluding hydrogens is 398 g/mol. The van der Waals surface area contributed by atoms with Crippen LogP contribution in [-0.4, -0.2) is 33.8 Å². The summed E-state index contributed by atoms with van der Waals surface area (Å²) < 4.78 is 7.36. The minimum atomic E-state index is -0.424. The van der Waals surface area contributed by atoms with Crippen LogP contribution < -0.4 is 5.32 Å². The lowest BCUT2D eigenvalue weighted by Gasteiger charge is -2.56. The van der Waals surface area contributed by atoms with Crippen molar-refractivity contribution in [2.75, 3.05) is 6.61 Å². The van der Waals surface area contributed by atoms with Crippen LogP contribution in [0.15, 0.2) is 6.07 Å². The van der Waals surface area contributed by atoms with Crippen molar-refractivity contribution >= 4 is 33.4 Å². The second-order valence-electron chi connectivity index (χ2n) is 10.3. The van der Waals surface area contributed by atoms with Crippen molar-refractivity contribution in [3.05, 3.63) is 16.6 Å². The lowest BCUT2D eigenvalue weighted by atomic mass is 9.53. The number of amides is 1. The van der Waals surface area contributed by atoms with Gasteiger partial charge in [0.2, 0.25) is 0 Å². The quantitative estimate of drug-likeness (QED) is 0.695. The van der Waals surface area contributed by atoms with Gasteiger partial charge < -0.3 is 10.1 Å². The minimum Gasteiger partial charge on any atom is -0.451 e. The van der Waals surface area contributed by atoms with Crippen molar-refractivity contribution in [3.63, 3.8) is 0 Å². The zero-order valence-electron chi connectivity index (χ0n) is 18.1. The van der Waals surface area contributed by atoms with Crippen molar-refractivity contribution in [1.29, 1.82) is 0 Å². The summed E-state index contributed by atoms with van der Waals surface area (Å²) in [5, 5.41) is 8.84. The first-order chi connectivity index (χ1) is 14.3. The molecule has 4 saturated carbocycles. The van der Waals surface area contributed by atoms with Crippen LogP contribution in [0.3, 0.4) is 0 Å². The number of ether oxygens (including phenoxy) is 1. The highest BCUT2D eigenvalue weighted by atomic mass is 32.1. The molecule has 0 atom stereocenters. The first-order valence-corrected chi connectivity index (χ1v) is 12.1. The third kappa shape index (κ3) is 3.66. The summed E-state index contributed by atoms with van der Waals surface area (Å²) in [4.78, 5) is 26.7. The Morgan fingerprint density at radius 3 is 2.47 bits per heavy atom. The number of hydrogen-bond donors (Lipinski definition) is 1. The average molecular weight is 430 g/mol. The van der Waals surface area contributed by atoms with E-state index in [1.807, 2.05) is 17.7 Å². The second kappa shape index (κ2) is 7.36. The maximum atomic E-state index is 12.6. The number of fused-ring (bicyclic) bond motifs is 1. The van der Waals surface area contributed by atoms with Gasteiger partial charge in [0.05, 0.1) is 5.69 Å². The SMILES string of the molecule is Cc1nn(CC(C)C)c2sc(C(=O)OCC(=O)NC34CC5CC(CC(C5)C3)C4)cc12. The van der Waals surface area contributed by atoms with Gasteiger partial charge in [0.25, 0.3) is 5.91 Å². The van der Waals surface area contributed by atoms with Crippen LogP contribution in [0, 0.1) is 30.6 Å². The van der Waals surface area contributed by atoms with Crippen molar-refractivity contribution in [2.45, 2.75) is 71.4 Å². The molecular formula is C23H31N3O3S. The third-order valence-electron chi connectivity index (χ3n) is 7.12. The Bertz CT molecular complexity index is 954. The van der Waals surface area contributed by atoms with Gasteiger partial charge in [0.15, 0.2) is 6.61 Å². The lowest BCUT2D eigenvalue weighted by Crippen LogP contribution is -2.60. The molecule has 2 aromatic heterocycles. The summed E-state index contributed by atoms with van der Waals surface area (Å²) in [7, 11) is 0. The summed E-state index contributed by atoms with van der Waals surface area (Å²) in [5.74, 6) is 2.20. The lowest BCUT2D eigenvalue weighted by molar-refractivity contribution is -0.130. The summed E-state index contributed by atoms with van der Waals surface area (Å²) in [6, 6.07) is 1.85. The van der Waals surface area contributed by atoms with Crippen LogP contribution in [0.2, 0.25) is 0 Å². The maximum absolute atomic E-state index is 12.6. The molecule has 30 heavy (non-hydrogen) atoms. The standard InChI is InChI=1S/C23H31N3O3S/c1-13(2)11-26-21-18(14(3)25-26)7-19(30-21)22(28)29-12-20(27)24-23-8-15-4-16(9-23)6-17(5-15)10-23/h7,13,15-17H,4-6,8-12H2,1-3H3,(H,24,27). The molecule has 0 spiro atoms. The van der Waals surface area contributed by atoms with Gasteiger partial charge in [-0.2, -0.15) is 5.10 Å². The highest BCUT2D eigenvalue weighted by Crippen LogP contribution is 2.55. The molecule has 0 aliphatic heterocycles. The molecule has 162 valence electrons. The molecule has 7 heteroatoms. The van der Waals surface area contributed by atoms with Crippen LogP contribution in [0.25, 0.3) is 10.2 Å². The Balaban J connectivity index is 1.21. The van der Waals surface area contributed by atoms with E-state index >= 15 is 0 Å². The van der Waals surface area contributed by atoms with Gasteiger partial charge >= 0.3 is 5.97 Å². The van der Waals surface area contributed by atoms with E-state index in [2.05, 4.69) is 24.3 Å². The normalized spacial score (nSPS) is 29.7. The van der Waals surface area contributed by atoms with Gasteiger partial charge in [-0.1, -0.05) is 13.8 Å². The first kappa shape index (κ1) is 20.0. The molecule has 2 heterocycles. The van der Waals surface area contributed by atoms with Crippen LogP contribution in [0.4, 0.5) is 0 Å². The number of esters is 1. The van der Waals surface area contributed by atoms with Gasteiger partial charge in [-0.25, -0.2) is 4.79 Å². The molecule has 4 aliphatic rings. The molecule has 2 aromatic rings. The topological polar surface area (TPSA) is 73.2 Å². The van der Waals surface area contributed by atoms with E-state index in [1.54, 1.807) is 0 Å². The van der Waals surface area contributed by atoms with Crippen molar-refractivity contribution < 1.29 is 14.3 Å². The molecule has 0 unspecified atom stereocenters. The molecule has 4 bridgehead atoms. The van der Waals surface area contributed by atoms with Gasteiger partial charge in [0, 0.05) is 17.5 Å². The summed E-state index contributed by atoms with van der Waals surface area (Å²) in [5.41, 5.74) is 0.869. The van der Waals surface area contributed by atoms with E-state index in [4.69, 9.17) is 4.74 Å². The summed E-state index contributed by atoms with van der Waals surface area (Å²) in [6.07, 6.45) is 7.30. The Hall–Kier alpha value is -1.89. The fourth-order valence-corrected chi connectivity index (χ4v) is 7.55. The molecule has 6 nitrogen and oxygen atoms in total. The Morgan fingerprint density at radius 2 is 1.87 bits per heavy atom. The van der Waals surface area contributed by atoms with E-state index in [-0.39, 0.29) is 18.1 Å². The number of carbonyl (C=O) groups is 2. The predicted octanol–water partition coefficient (Wildman–Crippen LogP) is 4.30. The fraction of sp³-hybridized carbons (Fsp3) is 0.696. The molecule has 6 rings (SSSR count). The van der Waals surface area contributed by atoms with Crippen LogP contribution in [-0.2, 0) is 16.1 Å². The highest BCUT2D eigenvalue weighted by molar-refractivity contribution is 7.20. The van der Waals surface area contributed by atoms with Crippen molar-refractivity contribution in [2.24, 2.45) is 23.7 Å². The van der Waals surface area contributed by atoms with Crippen molar-refractivity contribution in [3.8, 4) is 0 Å². The summed E-state index contributed by atoms with van der Waals surface area (Å²) in [6.45, 7) is 6.86. The third-order valence-corrected chi connectivity index (χ3v) is 8.25. The minimum absolute atomic E-state index is 0.0483. The van der Waals surface area contributed by atoms with Gasteiger partial charge in [-0.3, -0.25) is 9.48 Å². The van der Waals surface area contributed by atoms with E-state index in [0.29, 0.717) is 10.8 Å². The molecule has 0 radical (unpaired) electrons. The molecule has 1 amide bonds. The van der Waals surface area contributed by atoms with Gasteiger partial charge in [-0.05, 0) is 75.2 Å². The number of nitrogens with one attached hydrogen (secondary N) is 1. The molecule has 0 aromatic carbocycles. The Kier molecular flexibility index (Phi) is 4.92. The van der Waals surface area contributed by atoms with Crippen LogP contribution in [0.5, 0.6) is 0 Å². The first-order valence-electron chi connectivity index (χ1n) is 11.3. The molecule has 1 N–H and O–H groups in total. The monoisotopic (exact) mass is 429 g/mol. The largest absolute Gasteiger partial charge is 0.451 e. The Labute approximate surface area is 181 Å². The average Bonchev–Trinajstić information content (AvgIpc) is 3.19. The number of aryl methyl sites for hydroxylation is 1. The Morgan fingerprint density at radius 1 is 1.23 bits per heavy atom. The van der Waals surface area contributed by atoms with E-state index in [9.17, 15) is 9.59 Å². The number of thiophene rings is 1. The van der Waals surface area contributed by atoms with E-state index in [0.717, 1.165) is 59.5 Å².